The highest BCUT2D eigenvalue weighted by Crippen LogP contribution is 2.39. The number of para-hydroxylation sites is 1. The summed E-state index contributed by atoms with van der Waals surface area (Å²) in [4.78, 5) is 0. The lowest BCUT2D eigenvalue weighted by Crippen LogP contribution is -1.89. The standard InChI is InChI=1S/C22H13NS2/c1-4-8-20-14(5-1)12-22(25-20)23-18-7-3-2-6-16(18)17-13-21-15(9-10-24-21)11-19(17)23/h1-13H. The smallest absolute Gasteiger partial charge is 0.101 e. The molecule has 25 heavy (non-hydrogen) atoms. The van der Waals surface area contributed by atoms with Gasteiger partial charge in [-0.2, -0.15) is 0 Å². The van der Waals surface area contributed by atoms with Crippen molar-refractivity contribution in [3.63, 3.8) is 0 Å². The summed E-state index contributed by atoms with van der Waals surface area (Å²) in [5, 5.41) is 8.75. The third-order valence-corrected chi connectivity index (χ3v) is 6.86. The molecule has 0 aliphatic rings. The van der Waals surface area contributed by atoms with Crippen LogP contribution in [0.2, 0.25) is 0 Å². The molecule has 3 heterocycles. The van der Waals surface area contributed by atoms with Crippen LogP contribution < -0.4 is 0 Å². The Bertz CT molecular complexity index is 1360. The Morgan fingerprint density at radius 3 is 2.44 bits per heavy atom. The summed E-state index contributed by atoms with van der Waals surface area (Å²) in [5.41, 5.74) is 2.57. The number of rotatable bonds is 1. The molecule has 6 aromatic rings. The van der Waals surface area contributed by atoms with Crippen molar-refractivity contribution in [1.82, 2.24) is 4.57 Å². The van der Waals surface area contributed by atoms with Crippen molar-refractivity contribution < 1.29 is 0 Å². The van der Waals surface area contributed by atoms with Crippen molar-refractivity contribution >= 4 is 64.7 Å². The second kappa shape index (κ2) is 4.94. The summed E-state index contributed by atoms with van der Waals surface area (Å²) in [6.45, 7) is 0. The SMILES string of the molecule is c1ccc2sc(-n3c4ccccc4c4cc5sccc5cc43)cc2c1. The van der Waals surface area contributed by atoms with Crippen LogP contribution >= 0.6 is 22.7 Å². The second-order valence-corrected chi connectivity index (χ2v) is 8.31. The fourth-order valence-electron chi connectivity index (χ4n) is 3.74. The molecule has 0 unspecified atom stereocenters. The van der Waals surface area contributed by atoms with Gasteiger partial charge in [0.1, 0.15) is 5.00 Å². The lowest BCUT2D eigenvalue weighted by molar-refractivity contribution is 1.23. The van der Waals surface area contributed by atoms with Crippen LogP contribution in [0, 0.1) is 0 Å². The summed E-state index contributed by atoms with van der Waals surface area (Å²) < 4.78 is 5.11. The zero-order valence-corrected chi connectivity index (χ0v) is 14.9. The van der Waals surface area contributed by atoms with Gasteiger partial charge in [-0.15, -0.1) is 22.7 Å². The van der Waals surface area contributed by atoms with Gasteiger partial charge in [0.05, 0.1) is 11.0 Å². The summed E-state index contributed by atoms with van der Waals surface area (Å²) in [7, 11) is 0. The minimum absolute atomic E-state index is 1.28. The van der Waals surface area contributed by atoms with Crippen LogP contribution in [0.15, 0.2) is 78.2 Å². The quantitative estimate of drug-likeness (QED) is 0.293. The van der Waals surface area contributed by atoms with Gasteiger partial charge in [-0.1, -0.05) is 36.4 Å². The van der Waals surface area contributed by atoms with E-state index in [1.807, 2.05) is 22.7 Å². The Hall–Kier alpha value is -2.62. The predicted molar refractivity (Wildman–Crippen MR) is 112 cm³/mol. The minimum atomic E-state index is 1.28. The zero-order valence-electron chi connectivity index (χ0n) is 13.3. The fraction of sp³-hybridized carbons (Fsp3) is 0. The Kier molecular flexibility index (Phi) is 2.70. The van der Waals surface area contributed by atoms with E-state index in [9.17, 15) is 0 Å². The molecular formula is C22H13NS2. The number of thiophene rings is 2. The first-order valence-electron chi connectivity index (χ1n) is 8.28. The van der Waals surface area contributed by atoms with Gasteiger partial charge in [0.15, 0.2) is 0 Å². The van der Waals surface area contributed by atoms with Gasteiger partial charge < -0.3 is 4.57 Å². The second-order valence-electron chi connectivity index (χ2n) is 6.30. The Morgan fingerprint density at radius 1 is 0.640 bits per heavy atom. The monoisotopic (exact) mass is 355 g/mol. The average Bonchev–Trinajstić information content (AvgIpc) is 3.34. The molecule has 3 aromatic heterocycles. The summed E-state index contributed by atoms with van der Waals surface area (Å²) >= 11 is 3.67. The van der Waals surface area contributed by atoms with E-state index in [1.54, 1.807) is 0 Å². The van der Waals surface area contributed by atoms with E-state index < -0.39 is 0 Å². The van der Waals surface area contributed by atoms with E-state index in [0.717, 1.165) is 0 Å². The summed E-state index contributed by atoms with van der Waals surface area (Å²) in [5.74, 6) is 0. The topological polar surface area (TPSA) is 4.93 Å². The Morgan fingerprint density at radius 2 is 1.48 bits per heavy atom. The van der Waals surface area contributed by atoms with Crippen LogP contribution in [-0.2, 0) is 0 Å². The molecule has 0 saturated heterocycles. The molecule has 3 heteroatoms. The van der Waals surface area contributed by atoms with Gasteiger partial charge in [-0.3, -0.25) is 0 Å². The largest absolute Gasteiger partial charge is 0.301 e. The maximum atomic E-state index is 2.42. The Balaban J connectivity index is 1.82. The van der Waals surface area contributed by atoms with E-state index >= 15 is 0 Å². The van der Waals surface area contributed by atoms with E-state index in [2.05, 4.69) is 82.7 Å². The van der Waals surface area contributed by atoms with Crippen LogP contribution in [0.4, 0.5) is 0 Å². The first-order valence-corrected chi connectivity index (χ1v) is 9.97. The van der Waals surface area contributed by atoms with Crippen LogP contribution in [-0.4, -0.2) is 4.57 Å². The maximum Gasteiger partial charge on any atom is 0.101 e. The third kappa shape index (κ3) is 1.88. The maximum absolute atomic E-state index is 2.42. The molecule has 0 amide bonds. The normalized spacial score (nSPS) is 12.0. The van der Waals surface area contributed by atoms with Gasteiger partial charge in [0.2, 0.25) is 0 Å². The van der Waals surface area contributed by atoms with Crippen LogP contribution in [0.25, 0.3) is 47.0 Å². The summed E-state index contributed by atoms with van der Waals surface area (Å²) in [6, 6.07) is 26.6. The molecule has 0 bridgehead atoms. The number of benzene rings is 3. The van der Waals surface area contributed by atoms with Gasteiger partial charge in [0.25, 0.3) is 0 Å². The molecule has 0 N–H and O–H groups in total. The zero-order chi connectivity index (χ0) is 16.4. The van der Waals surface area contributed by atoms with Gasteiger partial charge >= 0.3 is 0 Å². The van der Waals surface area contributed by atoms with E-state index in [-0.39, 0.29) is 0 Å². The highest BCUT2D eigenvalue weighted by Gasteiger charge is 2.15. The van der Waals surface area contributed by atoms with Crippen LogP contribution in [0.5, 0.6) is 0 Å². The molecule has 3 aromatic carbocycles. The molecule has 0 radical (unpaired) electrons. The average molecular weight is 355 g/mol. The lowest BCUT2D eigenvalue weighted by Gasteiger charge is -2.04. The number of hydrogen-bond donors (Lipinski definition) is 0. The van der Waals surface area contributed by atoms with E-state index in [0.29, 0.717) is 0 Å². The molecule has 0 atom stereocenters. The van der Waals surface area contributed by atoms with Crippen molar-refractivity contribution in [3.8, 4) is 5.00 Å². The third-order valence-electron chi connectivity index (χ3n) is 4.88. The molecule has 0 spiro atoms. The highest BCUT2D eigenvalue weighted by molar-refractivity contribution is 7.21. The van der Waals surface area contributed by atoms with E-state index in [1.165, 1.54) is 47.0 Å². The van der Waals surface area contributed by atoms with Gasteiger partial charge in [-0.05, 0) is 52.6 Å². The molecule has 0 saturated carbocycles. The summed E-state index contributed by atoms with van der Waals surface area (Å²) in [6.07, 6.45) is 0. The van der Waals surface area contributed by atoms with Crippen LogP contribution in [0.3, 0.4) is 0 Å². The molecule has 0 aliphatic heterocycles. The van der Waals surface area contributed by atoms with Crippen molar-refractivity contribution in [2.45, 2.75) is 0 Å². The molecule has 0 aliphatic carbocycles. The number of nitrogens with zero attached hydrogens (tertiary/aromatic N) is 1. The molecule has 6 rings (SSSR count). The number of fused-ring (bicyclic) bond motifs is 5. The first-order chi connectivity index (χ1) is 12.4. The van der Waals surface area contributed by atoms with Crippen molar-refractivity contribution in [2.24, 2.45) is 0 Å². The molecular weight excluding hydrogens is 342 g/mol. The van der Waals surface area contributed by atoms with E-state index in [4.69, 9.17) is 0 Å². The number of hydrogen-bond acceptors (Lipinski definition) is 2. The minimum Gasteiger partial charge on any atom is -0.301 e. The number of aromatic nitrogens is 1. The Labute approximate surface area is 152 Å². The fourth-order valence-corrected chi connectivity index (χ4v) is 5.64. The van der Waals surface area contributed by atoms with Crippen molar-refractivity contribution in [1.29, 1.82) is 0 Å². The molecule has 1 nitrogen and oxygen atoms in total. The predicted octanol–water partition coefficient (Wildman–Crippen LogP) is 7.21. The first kappa shape index (κ1) is 13.6. The van der Waals surface area contributed by atoms with Crippen LogP contribution in [0.1, 0.15) is 0 Å². The van der Waals surface area contributed by atoms with Crippen molar-refractivity contribution in [3.05, 3.63) is 78.2 Å². The molecule has 118 valence electrons. The van der Waals surface area contributed by atoms with Gasteiger partial charge in [-0.25, -0.2) is 0 Å². The van der Waals surface area contributed by atoms with Gasteiger partial charge in [0, 0.05) is 20.2 Å². The highest BCUT2D eigenvalue weighted by atomic mass is 32.1. The molecule has 0 fully saturated rings. The van der Waals surface area contributed by atoms with Crippen molar-refractivity contribution in [2.75, 3.05) is 0 Å². The lowest BCUT2D eigenvalue weighted by atomic mass is 10.1.